The Hall–Kier alpha value is -1.74. The smallest absolute Gasteiger partial charge is 0.143 e. The third kappa shape index (κ3) is 3.18. The fourth-order valence-corrected chi connectivity index (χ4v) is 2.01. The largest absolute Gasteiger partial charge is 0.495 e. The zero-order valence-corrected chi connectivity index (χ0v) is 12.1. The average molecular weight is 277 g/mol. The first-order chi connectivity index (χ1) is 9.11. The second-order valence-corrected chi connectivity index (χ2v) is 4.83. The molecule has 2 aromatic rings. The molecule has 4 heteroatoms. The van der Waals surface area contributed by atoms with Crippen molar-refractivity contribution in [3.05, 3.63) is 52.3 Å². The lowest BCUT2D eigenvalue weighted by Gasteiger charge is -2.13. The monoisotopic (exact) mass is 276 g/mol. The molecule has 0 amide bonds. The minimum absolute atomic E-state index is 0.657. The van der Waals surface area contributed by atoms with E-state index >= 15 is 0 Å². The molecule has 0 aliphatic rings. The molecule has 0 atom stereocenters. The van der Waals surface area contributed by atoms with Crippen LogP contribution in [0, 0.1) is 13.8 Å². The number of nitrogens with one attached hydrogen (secondary N) is 1. The van der Waals surface area contributed by atoms with E-state index in [0.29, 0.717) is 11.6 Å². The predicted octanol–water partition coefficient (Wildman–Crippen LogP) is 3.97. The van der Waals surface area contributed by atoms with E-state index in [1.54, 1.807) is 13.3 Å². The van der Waals surface area contributed by atoms with Crippen molar-refractivity contribution in [3.8, 4) is 5.75 Å². The molecule has 0 aliphatic heterocycles. The average Bonchev–Trinajstić information content (AvgIpc) is 2.41. The van der Waals surface area contributed by atoms with E-state index in [2.05, 4.69) is 10.3 Å². The van der Waals surface area contributed by atoms with E-state index in [9.17, 15) is 0 Å². The van der Waals surface area contributed by atoms with E-state index in [-0.39, 0.29) is 0 Å². The number of anilines is 1. The summed E-state index contributed by atoms with van der Waals surface area (Å²) in [7, 11) is 1.64. The topological polar surface area (TPSA) is 34.1 Å². The molecule has 0 bridgehead atoms. The Bertz CT molecular complexity index is 584. The summed E-state index contributed by atoms with van der Waals surface area (Å²) in [6, 6.07) is 7.80. The first-order valence-corrected chi connectivity index (χ1v) is 6.48. The second-order valence-electron chi connectivity index (χ2n) is 4.42. The standard InChI is InChI=1S/C15H17ClN2O/c1-10-5-4-6-17-14(10)9-18-13-7-11(2)12(16)8-15(13)19-3/h4-8,18H,9H2,1-3H3. The molecule has 1 N–H and O–H groups in total. The second kappa shape index (κ2) is 5.93. The molecule has 100 valence electrons. The van der Waals surface area contributed by atoms with Crippen LogP contribution in [0.1, 0.15) is 16.8 Å². The summed E-state index contributed by atoms with van der Waals surface area (Å²) >= 11 is 6.09. The number of benzene rings is 1. The van der Waals surface area contributed by atoms with Crippen LogP contribution in [0.3, 0.4) is 0 Å². The number of aryl methyl sites for hydroxylation is 2. The third-order valence-electron chi connectivity index (χ3n) is 3.04. The highest BCUT2D eigenvalue weighted by Gasteiger charge is 2.07. The van der Waals surface area contributed by atoms with Crippen LogP contribution in [-0.4, -0.2) is 12.1 Å². The van der Waals surface area contributed by atoms with Crippen molar-refractivity contribution in [2.45, 2.75) is 20.4 Å². The van der Waals surface area contributed by atoms with Crippen molar-refractivity contribution < 1.29 is 4.74 Å². The Kier molecular flexibility index (Phi) is 4.27. The highest BCUT2D eigenvalue weighted by atomic mass is 35.5. The lowest BCUT2D eigenvalue weighted by atomic mass is 10.2. The normalized spacial score (nSPS) is 10.3. The number of pyridine rings is 1. The van der Waals surface area contributed by atoms with Gasteiger partial charge < -0.3 is 10.1 Å². The predicted molar refractivity (Wildman–Crippen MR) is 79.0 cm³/mol. The van der Waals surface area contributed by atoms with Crippen molar-refractivity contribution >= 4 is 17.3 Å². The van der Waals surface area contributed by atoms with E-state index in [1.165, 1.54) is 5.56 Å². The van der Waals surface area contributed by atoms with Gasteiger partial charge in [0.05, 0.1) is 25.0 Å². The van der Waals surface area contributed by atoms with Crippen molar-refractivity contribution in [1.82, 2.24) is 4.98 Å². The number of hydrogen-bond donors (Lipinski definition) is 1. The van der Waals surface area contributed by atoms with Crippen LogP contribution in [-0.2, 0) is 6.54 Å². The zero-order chi connectivity index (χ0) is 13.8. The van der Waals surface area contributed by atoms with E-state index < -0.39 is 0 Å². The number of methoxy groups -OCH3 is 1. The van der Waals surface area contributed by atoms with Gasteiger partial charge in [0.15, 0.2) is 0 Å². The minimum Gasteiger partial charge on any atom is -0.495 e. The number of rotatable bonds is 4. The van der Waals surface area contributed by atoms with Gasteiger partial charge >= 0.3 is 0 Å². The van der Waals surface area contributed by atoms with Crippen molar-refractivity contribution in [1.29, 1.82) is 0 Å². The van der Waals surface area contributed by atoms with E-state index in [0.717, 1.165) is 22.7 Å². The third-order valence-corrected chi connectivity index (χ3v) is 3.45. The number of halogens is 1. The molecule has 1 aromatic carbocycles. The SMILES string of the molecule is COc1cc(Cl)c(C)cc1NCc1ncccc1C. The molecule has 0 fully saturated rings. The van der Waals surface area contributed by atoms with Crippen LogP contribution in [0.25, 0.3) is 0 Å². The van der Waals surface area contributed by atoms with Gasteiger partial charge in [-0.05, 0) is 37.1 Å². The van der Waals surface area contributed by atoms with Gasteiger partial charge in [0, 0.05) is 17.3 Å². The van der Waals surface area contributed by atoms with Crippen LogP contribution in [0.15, 0.2) is 30.5 Å². The summed E-state index contributed by atoms with van der Waals surface area (Å²) in [5, 5.41) is 4.05. The van der Waals surface area contributed by atoms with Crippen molar-refractivity contribution in [3.63, 3.8) is 0 Å². The molecule has 1 aromatic heterocycles. The van der Waals surface area contributed by atoms with Gasteiger partial charge in [-0.25, -0.2) is 0 Å². The van der Waals surface area contributed by atoms with Crippen LogP contribution in [0.5, 0.6) is 5.75 Å². The minimum atomic E-state index is 0.657. The van der Waals surface area contributed by atoms with E-state index in [1.807, 2.05) is 38.1 Å². The number of aromatic nitrogens is 1. The van der Waals surface area contributed by atoms with Gasteiger partial charge in [-0.2, -0.15) is 0 Å². The van der Waals surface area contributed by atoms with Gasteiger partial charge in [0.25, 0.3) is 0 Å². The zero-order valence-electron chi connectivity index (χ0n) is 11.3. The maximum absolute atomic E-state index is 6.09. The first-order valence-electron chi connectivity index (χ1n) is 6.10. The molecule has 2 rings (SSSR count). The number of nitrogens with zero attached hydrogens (tertiary/aromatic N) is 1. The lowest BCUT2D eigenvalue weighted by Crippen LogP contribution is -2.05. The molecular weight excluding hydrogens is 260 g/mol. The molecule has 0 saturated carbocycles. The molecule has 0 radical (unpaired) electrons. The summed E-state index contributed by atoms with van der Waals surface area (Å²) in [4.78, 5) is 4.36. The van der Waals surface area contributed by atoms with Gasteiger partial charge in [0.1, 0.15) is 5.75 Å². The molecule has 0 saturated heterocycles. The summed E-state index contributed by atoms with van der Waals surface area (Å²) in [6.45, 7) is 4.68. The van der Waals surface area contributed by atoms with Gasteiger partial charge in [0.2, 0.25) is 0 Å². The molecule has 0 spiro atoms. The summed E-state index contributed by atoms with van der Waals surface area (Å²) in [5.41, 5.74) is 4.13. The Balaban J connectivity index is 2.20. The Labute approximate surface area is 118 Å². The maximum atomic E-state index is 6.09. The Morgan fingerprint density at radius 2 is 2.05 bits per heavy atom. The van der Waals surface area contributed by atoms with Crippen molar-refractivity contribution in [2.75, 3.05) is 12.4 Å². The van der Waals surface area contributed by atoms with E-state index in [4.69, 9.17) is 16.3 Å². The van der Waals surface area contributed by atoms with Crippen LogP contribution in [0.2, 0.25) is 5.02 Å². The fraction of sp³-hybridized carbons (Fsp3) is 0.267. The van der Waals surface area contributed by atoms with Crippen molar-refractivity contribution in [2.24, 2.45) is 0 Å². The summed E-state index contributed by atoms with van der Waals surface area (Å²) in [6.07, 6.45) is 1.80. The first kappa shape index (κ1) is 13.7. The highest BCUT2D eigenvalue weighted by Crippen LogP contribution is 2.31. The van der Waals surface area contributed by atoms with Crippen LogP contribution < -0.4 is 10.1 Å². The van der Waals surface area contributed by atoms with Crippen LogP contribution >= 0.6 is 11.6 Å². The van der Waals surface area contributed by atoms with Crippen LogP contribution in [0.4, 0.5) is 5.69 Å². The summed E-state index contributed by atoms with van der Waals surface area (Å²) in [5.74, 6) is 0.740. The molecular formula is C15H17ClN2O. The highest BCUT2D eigenvalue weighted by molar-refractivity contribution is 6.31. The molecule has 3 nitrogen and oxygen atoms in total. The molecule has 0 aliphatic carbocycles. The number of hydrogen-bond acceptors (Lipinski definition) is 3. The molecule has 1 heterocycles. The number of ether oxygens (including phenoxy) is 1. The van der Waals surface area contributed by atoms with Gasteiger partial charge in [-0.3, -0.25) is 4.98 Å². The lowest BCUT2D eigenvalue weighted by molar-refractivity contribution is 0.416. The summed E-state index contributed by atoms with van der Waals surface area (Å²) < 4.78 is 5.33. The quantitative estimate of drug-likeness (QED) is 0.917. The maximum Gasteiger partial charge on any atom is 0.143 e. The molecule has 0 unspecified atom stereocenters. The Morgan fingerprint density at radius 1 is 1.26 bits per heavy atom. The Morgan fingerprint density at radius 3 is 2.74 bits per heavy atom. The van der Waals surface area contributed by atoms with Gasteiger partial charge in [-0.15, -0.1) is 0 Å². The van der Waals surface area contributed by atoms with Gasteiger partial charge in [-0.1, -0.05) is 17.7 Å². The molecule has 19 heavy (non-hydrogen) atoms. The fourth-order valence-electron chi connectivity index (χ4n) is 1.85.